The minimum absolute atomic E-state index is 0.108. The zero-order valence-electron chi connectivity index (χ0n) is 8.24. The number of hydrogen-bond acceptors (Lipinski definition) is 1. The number of carbonyl (C=O) groups is 1. The normalized spacial score (nSPS) is 9.86. The quantitative estimate of drug-likeness (QED) is 0.702. The third-order valence-corrected chi connectivity index (χ3v) is 2.31. The van der Waals surface area contributed by atoms with Crippen molar-refractivity contribution in [1.82, 2.24) is 0 Å². The van der Waals surface area contributed by atoms with Gasteiger partial charge < -0.3 is 4.90 Å². The number of nitrogens with zero attached hydrogens (tertiary/aromatic N) is 1. The summed E-state index contributed by atoms with van der Waals surface area (Å²) >= 11 is 5.53. The lowest BCUT2D eigenvalue weighted by atomic mass is 10.2. The highest BCUT2D eigenvalue weighted by Crippen LogP contribution is 2.12. The van der Waals surface area contributed by atoms with Crippen LogP contribution < -0.4 is 4.90 Å². The van der Waals surface area contributed by atoms with Gasteiger partial charge in [0, 0.05) is 25.0 Å². The molecule has 0 saturated carbocycles. The summed E-state index contributed by atoms with van der Waals surface area (Å²) in [5, 5.41) is 0. The monoisotopic (exact) mass is 211 g/mol. The lowest BCUT2D eigenvalue weighted by molar-refractivity contribution is -0.118. The van der Waals surface area contributed by atoms with Crippen LogP contribution in [0.15, 0.2) is 30.3 Å². The molecule has 1 rings (SSSR count). The third-order valence-electron chi connectivity index (χ3n) is 2.04. The fourth-order valence-corrected chi connectivity index (χ4v) is 1.31. The molecule has 0 fully saturated rings. The van der Waals surface area contributed by atoms with Crippen LogP contribution in [0.3, 0.4) is 0 Å². The van der Waals surface area contributed by atoms with E-state index in [1.807, 2.05) is 30.3 Å². The minimum Gasteiger partial charge on any atom is -0.316 e. The van der Waals surface area contributed by atoms with Gasteiger partial charge in [0.05, 0.1) is 0 Å². The van der Waals surface area contributed by atoms with Gasteiger partial charge in [-0.3, -0.25) is 4.79 Å². The van der Waals surface area contributed by atoms with Gasteiger partial charge in [0.25, 0.3) is 0 Å². The molecule has 2 nitrogen and oxygen atoms in total. The molecule has 1 aromatic rings. The molecule has 1 amide bonds. The number of carbonyl (C=O) groups excluding carboxylic acids is 1. The Bertz CT molecular complexity index is 287. The number of anilines is 1. The van der Waals surface area contributed by atoms with E-state index >= 15 is 0 Å². The van der Waals surface area contributed by atoms with E-state index in [2.05, 4.69) is 0 Å². The van der Waals surface area contributed by atoms with Crippen molar-refractivity contribution in [2.24, 2.45) is 0 Å². The second-order valence-electron chi connectivity index (χ2n) is 3.08. The molecule has 0 aliphatic heterocycles. The molecule has 0 heterocycles. The van der Waals surface area contributed by atoms with Crippen molar-refractivity contribution in [1.29, 1.82) is 0 Å². The van der Waals surface area contributed by atoms with Crippen molar-refractivity contribution in [2.75, 3.05) is 17.8 Å². The molecule has 1 aromatic carbocycles. The molecule has 0 bridgehead atoms. The van der Waals surface area contributed by atoms with Crippen LogP contribution in [0.25, 0.3) is 0 Å². The Morgan fingerprint density at radius 3 is 2.57 bits per heavy atom. The maximum atomic E-state index is 11.6. The highest BCUT2D eigenvalue weighted by Gasteiger charge is 2.08. The molecule has 0 atom stereocenters. The molecule has 0 saturated heterocycles. The van der Waals surface area contributed by atoms with Gasteiger partial charge in [-0.05, 0) is 18.6 Å². The van der Waals surface area contributed by atoms with E-state index in [0.29, 0.717) is 12.3 Å². The number of alkyl halides is 1. The van der Waals surface area contributed by atoms with Crippen LogP contribution in [0.2, 0.25) is 0 Å². The Labute approximate surface area is 89.5 Å². The van der Waals surface area contributed by atoms with Gasteiger partial charge in [0.1, 0.15) is 0 Å². The number of halogens is 1. The highest BCUT2D eigenvalue weighted by atomic mass is 35.5. The number of para-hydroxylation sites is 1. The molecule has 0 aliphatic rings. The summed E-state index contributed by atoms with van der Waals surface area (Å²) in [6, 6.07) is 9.60. The van der Waals surface area contributed by atoms with E-state index in [0.717, 1.165) is 12.1 Å². The summed E-state index contributed by atoms with van der Waals surface area (Å²) in [6.45, 7) is 0. The van der Waals surface area contributed by atoms with Gasteiger partial charge in [-0.1, -0.05) is 18.2 Å². The average molecular weight is 212 g/mol. The molecule has 0 aliphatic carbocycles. The van der Waals surface area contributed by atoms with Crippen LogP contribution in [0.4, 0.5) is 5.69 Å². The topological polar surface area (TPSA) is 20.3 Å². The Morgan fingerprint density at radius 1 is 1.36 bits per heavy atom. The lowest BCUT2D eigenvalue weighted by Gasteiger charge is -2.16. The molecule has 0 unspecified atom stereocenters. The second-order valence-corrected chi connectivity index (χ2v) is 3.46. The predicted octanol–water partition coefficient (Wildman–Crippen LogP) is 2.67. The Kier molecular flexibility index (Phi) is 4.47. The van der Waals surface area contributed by atoms with Crippen LogP contribution in [0.5, 0.6) is 0 Å². The van der Waals surface area contributed by atoms with Gasteiger partial charge in [0.15, 0.2) is 0 Å². The van der Waals surface area contributed by atoms with E-state index in [-0.39, 0.29) is 5.91 Å². The summed E-state index contributed by atoms with van der Waals surface area (Å²) in [6.07, 6.45) is 1.24. The first-order valence-electron chi connectivity index (χ1n) is 4.63. The molecule has 0 spiro atoms. The Morgan fingerprint density at radius 2 is 2.00 bits per heavy atom. The molecule has 0 aromatic heterocycles. The van der Waals surface area contributed by atoms with Crippen LogP contribution in [-0.4, -0.2) is 18.8 Å². The minimum atomic E-state index is 0.108. The summed E-state index contributed by atoms with van der Waals surface area (Å²) in [4.78, 5) is 13.2. The summed E-state index contributed by atoms with van der Waals surface area (Å²) in [5.74, 6) is 0.644. The molecule has 0 radical (unpaired) electrons. The molecule has 3 heteroatoms. The molecular weight excluding hydrogens is 198 g/mol. The number of rotatable bonds is 4. The van der Waals surface area contributed by atoms with Crippen LogP contribution >= 0.6 is 11.6 Å². The van der Waals surface area contributed by atoms with E-state index in [9.17, 15) is 4.79 Å². The van der Waals surface area contributed by atoms with E-state index in [1.54, 1.807) is 11.9 Å². The molecular formula is C11H14ClNO. The fraction of sp³-hybridized carbons (Fsp3) is 0.364. The largest absolute Gasteiger partial charge is 0.316 e. The molecule has 14 heavy (non-hydrogen) atoms. The fourth-order valence-electron chi connectivity index (χ4n) is 1.18. The van der Waals surface area contributed by atoms with Gasteiger partial charge in [-0.2, -0.15) is 0 Å². The first kappa shape index (κ1) is 11.1. The van der Waals surface area contributed by atoms with E-state index in [4.69, 9.17) is 11.6 Å². The van der Waals surface area contributed by atoms with Crippen LogP contribution in [0.1, 0.15) is 12.8 Å². The SMILES string of the molecule is CN(C(=O)CCCCl)c1ccccc1. The van der Waals surface area contributed by atoms with Gasteiger partial charge in [-0.25, -0.2) is 0 Å². The Balaban J connectivity index is 2.57. The molecule has 76 valence electrons. The first-order valence-corrected chi connectivity index (χ1v) is 5.16. The maximum absolute atomic E-state index is 11.6. The standard InChI is InChI=1S/C11H14ClNO/c1-13(11(14)8-5-9-12)10-6-3-2-4-7-10/h2-4,6-7H,5,8-9H2,1H3. The van der Waals surface area contributed by atoms with Crippen molar-refractivity contribution in [3.63, 3.8) is 0 Å². The van der Waals surface area contributed by atoms with Crippen molar-refractivity contribution >= 4 is 23.2 Å². The molecule has 0 N–H and O–H groups in total. The summed E-state index contributed by atoms with van der Waals surface area (Å²) in [7, 11) is 1.78. The average Bonchev–Trinajstić information content (AvgIpc) is 2.26. The van der Waals surface area contributed by atoms with Crippen LogP contribution in [-0.2, 0) is 4.79 Å². The zero-order chi connectivity index (χ0) is 10.4. The van der Waals surface area contributed by atoms with Gasteiger partial charge >= 0.3 is 0 Å². The lowest BCUT2D eigenvalue weighted by Crippen LogP contribution is -2.25. The number of benzene rings is 1. The maximum Gasteiger partial charge on any atom is 0.226 e. The van der Waals surface area contributed by atoms with Gasteiger partial charge in [0.2, 0.25) is 5.91 Å². The van der Waals surface area contributed by atoms with Crippen molar-refractivity contribution < 1.29 is 4.79 Å². The zero-order valence-corrected chi connectivity index (χ0v) is 9.00. The smallest absolute Gasteiger partial charge is 0.226 e. The highest BCUT2D eigenvalue weighted by molar-refractivity contribution is 6.18. The van der Waals surface area contributed by atoms with Crippen molar-refractivity contribution in [3.8, 4) is 0 Å². The summed E-state index contributed by atoms with van der Waals surface area (Å²) < 4.78 is 0. The summed E-state index contributed by atoms with van der Waals surface area (Å²) in [5.41, 5.74) is 0.923. The van der Waals surface area contributed by atoms with Gasteiger partial charge in [-0.15, -0.1) is 11.6 Å². The Hall–Kier alpha value is -1.02. The van der Waals surface area contributed by atoms with E-state index < -0.39 is 0 Å². The first-order chi connectivity index (χ1) is 6.75. The predicted molar refractivity (Wildman–Crippen MR) is 59.8 cm³/mol. The second kappa shape index (κ2) is 5.66. The number of hydrogen-bond donors (Lipinski definition) is 0. The van der Waals surface area contributed by atoms with Crippen molar-refractivity contribution in [2.45, 2.75) is 12.8 Å². The van der Waals surface area contributed by atoms with Crippen LogP contribution in [0, 0.1) is 0 Å². The number of amides is 1. The van der Waals surface area contributed by atoms with E-state index in [1.165, 1.54) is 0 Å². The third kappa shape index (κ3) is 3.04. The van der Waals surface area contributed by atoms with Crippen molar-refractivity contribution in [3.05, 3.63) is 30.3 Å².